The van der Waals surface area contributed by atoms with Crippen molar-refractivity contribution in [1.29, 1.82) is 0 Å². The number of benzene rings is 2. The first-order chi connectivity index (χ1) is 16.5. The third-order valence-electron chi connectivity index (χ3n) is 7.08. The highest BCUT2D eigenvalue weighted by atomic mass is 32.2. The van der Waals surface area contributed by atoms with Crippen molar-refractivity contribution in [2.75, 3.05) is 13.1 Å². The van der Waals surface area contributed by atoms with Crippen molar-refractivity contribution in [3.8, 4) is 0 Å². The second kappa shape index (κ2) is 12.0. The van der Waals surface area contributed by atoms with Gasteiger partial charge in [-0.15, -0.1) is 0 Å². The van der Waals surface area contributed by atoms with Gasteiger partial charge in [0.2, 0.25) is 20.0 Å². The molecule has 0 aromatic heterocycles. The summed E-state index contributed by atoms with van der Waals surface area (Å²) in [6.45, 7) is 6.27. The molecule has 0 spiro atoms. The largest absolute Gasteiger partial charge is 0.240 e. The van der Waals surface area contributed by atoms with Crippen LogP contribution in [0.1, 0.15) is 63.5 Å². The van der Waals surface area contributed by atoms with Crippen molar-refractivity contribution in [3.63, 3.8) is 0 Å². The number of halogens is 1. The fourth-order valence-electron chi connectivity index (χ4n) is 4.59. The van der Waals surface area contributed by atoms with Crippen LogP contribution >= 0.6 is 0 Å². The highest BCUT2D eigenvalue weighted by Gasteiger charge is 2.27. The van der Waals surface area contributed by atoms with E-state index in [1.165, 1.54) is 17.7 Å². The molecule has 0 amide bonds. The number of sulfonamides is 2. The molecular weight excluding hydrogens is 487 g/mol. The summed E-state index contributed by atoms with van der Waals surface area (Å²) >= 11 is 0. The van der Waals surface area contributed by atoms with E-state index in [-0.39, 0.29) is 11.4 Å². The Kier molecular flexibility index (Phi) is 9.48. The maximum atomic E-state index is 13.0. The summed E-state index contributed by atoms with van der Waals surface area (Å²) in [5.74, 6) is 0.859. The van der Waals surface area contributed by atoms with E-state index in [1.807, 2.05) is 0 Å². The van der Waals surface area contributed by atoms with Crippen molar-refractivity contribution in [2.45, 2.75) is 68.9 Å². The SMILES string of the molecule is CC(CNS(=O)(=O)C(C)C)C1CCC(c2ccc(CCNS(=O)(=O)c3ccc(F)cc3)cc2)CC1. The van der Waals surface area contributed by atoms with E-state index in [0.29, 0.717) is 30.7 Å². The van der Waals surface area contributed by atoms with E-state index < -0.39 is 31.1 Å². The van der Waals surface area contributed by atoms with Gasteiger partial charge in [0.15, 0.2) is 0 Å². The van der Waals surface area contributed by atoms with Gasteiger partial charge in [-0.1, -0.05) is 31.2 Å². The van der Waals surface area contributed by atoms with Gasteiger partial charge in [-0.2, -0.15) is 0 Å². The number of nitrogens with one attached hydrogen (secondary N) is 2. The molecule has 9 heteroatoms. The standard InChI is InChI=1S/C26H37FN2O4S2/c1-19(2)34(30,31)29-18-20(3)22-8-10-24(11-9-22)23-6-4-21(5-7-23)16-17-28-35(32,33)26-14-12-25(27)13-15-26/h4-7,12-15,19-20,22,24,28-29H,8-11,16-18H2,1-3H3. The average Bonchev–Trinajstić information content (AvgIpc) is 2.83. The van der Waals surface area contributed by atoms with Crippen LogP contribution < -0.4 is 9.44 Å². The van der Waals surface area contributed by atoms with Gasteiger partial charge in [-0.3, -0.25) is 0 Å². The minimum absolute atomic E-state index is 0.0523. The fraction of sp³-hybridized carbons (Fsp3) is 0.538. The summed E-state index contributed by atoms with van der Waals surface area (Å²) in [5, 5.41) is -0.414. The van der Waals surface area contributed by atoms with Crippen molar-refractivity contribution < 1.29 is 21.2 Å². The zero-order valence-corrected chi connectivity index (χ0v) is 22.3. The Morgan fingerprint density at radius 1 is 0.857 bits per heavy atom. The van der Waals surface area contributed by atoms with E-state index in [0.717, 1.165) is 43.4 Å². The molecule has 35 heavy (non-hydrogen) atoms. The van der Waals surface area contributed by atoms with Gasteiger partial charge in [0.25, 0.3) is 0 Å². The molecule has 0 saturated heterocycles. The van der Waals surface area contributed by atoms with Crippen molar-refractivity contribution in [1.82, 2.24) is 9.44 Å². The van der Waals surface area contributed by atoms with E-state index >= 15 is 0 Å². The Morgan fingerprint density at radius 3 is 2.03 bits per heavy atom. The van der Waals surface area contributed by atoms with E-state index in [1.54, 1.807) is 13.8 Å². The smallest absolute Gasteiger partial charge is 0.215 e. The molecule has 2 aromatic carbocycles. The van der Waals surface area contributed by atoms with Gasteiger partial charge in [0, 0.05) is 13.1 Å². The monoisotopic (exact) mass is 524 g/mol. The summed E-state index contributed by atoms with van der Waals surface area (Å²) in [5.41, 5.74) is 2.35. The van der Waals surface area contributed by atoms with Gasteiger partial charge in [0.1, 0.15) is 5.82 Å². The van der Waals surface area contributed by atoms with Gasteiger partial charge < -0.3 is 0 Å². The molecule has 1 aliphatic carbocycles. The lowest BCUT2D eigenvalue weighted by molar-refractivity contribution is 0.246. The first-order valence-corrected chi connectivity index (χ1v) is 15.3. The van der Waals surface area contributed by atoms with Crippen LogP contribution in [0, 0.1) is 17.7 Å². The average molecular weight is 525 g/mol. The quantitative estimate of drug-likeness (QED) is 0.450. The molecule has 1 aliphatic rings. The molecule has 1 unspecified atom stereocenters. The molecule has 0 aliphatic heterocycles. The maximum absolute atomic E-state index is 13.0. The fourth-order valence-corrected chi connectivity index (χ4v) is 6.45. The molecular formula is C26H37FN2O4S2. The van der Waals surface area contributed by atoms with Crippen LogP contribution in [0.15, 0.2) is 53.4 Å². The van der Waals surface area contributed by atoms with Crippen molar-refractivity contribution >= 4 is 20.0 Å². The van der Waals surface area contributed by atoms with Crippen LogP contribution in [0.2, 0.25) is 0 Å². The molecule has 2 aromatic rings. The van der Waals surface area contributed by atoms with Crippen molar-refractivity contribution in [2.24, 2.45) is 11.8 Å². The van der Waals surface area contributed by atoms with E-state index in [2.05, 4.69) is 40.6 Å². The zero-order chi connectivity index (χ0) is 25.6. The summed E-state index contributed by atoms with van der Waals surface area (Å²) in [6, 6.07) is 13.2. The van der Waals surface area contributed by atoms with Gasteiger partial charge in [0.05, 0.1) is 10.1 Å². The Balaban J connectivity index is 1.44. The van der Waals surface area contributed by atoms with Crippen LogP contribution in [-0.4, -0.2) is 35.2 Å². The number of hydrogen-bond acceptors (Lipinski definition) is 4. The van der Waals surface area contributed by atoms with Crippen LogP contribution in [-0.2, 0) is 26.5 Å². The molecule has 0 radical (unpaired) electrons. The molecule has 0 bridgehead atoms. The second-order valence-corrected chi connectivity index (χ2v) is 14.0. The molecule has 2 N–H and O–H groups in total. The van der Waals surface area contributed by atoms with E-state index in [9.17, 15) is 21.2 Å². The summed E-state index contributed by atoms with van der Waals surface area (Å²) < 4.78 is 67.0. The minimum Gasteiger partial charge on any atom is -0.215 e. The predicted molar refractivity (Wildman–Crippen MR) is 138 cm³/mol. The first-order valence-electron chi connectivity index (χ1n) is 12.3. The van der Waals surface area contributed by atoms with Gasteiger partial charge in [-0.25, -0.2) is 30.7 Å². The van der Waals surface area contributed by atoms with Crippen LogP contribution in [0.25, 0.3) is 0 Å². The summed E-state index contributed by atoms with van der Waals surface area (Å²) in [7, 11) is -6.88. The lowest BCUT2D eigenvalue weighted by atomic mass is 9.74. The van der Waals surface area contributed by atoms with E-state index in [4.69, 9.17) is 0 Å². The Hall–Kier alpha value is -1.81. The molecule has 1 fully saturated rings. The molecule has 6 nitrogen and oxygen atoms in total. The second-order valence-electron chi connectivity index (χ2n) is 9.87. The Labute approximate surface area is 209 Å². The predicted octanol–water partition coefficient (Wildman–Crippen LogP) is 4.58. The summed E-state index contributed by atoms with van der Waals surface area (Å²) in [6.07, 6.45) is 4.91. The summed E-state index contributed by atoms with van der Waals surface area (Å²) in [4.78, 5) is 0.0523. The van der Waals surface area contributed by atoms with Crippen molar-refractivity contribution in [3.05, 3.63) is 65.5 Å². The molecule has 1 atom stereocenters. The van der Waals surface area contributed by atoms with Crippen LogP contribution in [0.4, 0.5) is 4.39 Å². The highest BCUT2D eigenvalue weighted by Crippen LogP contribution is 2.38. The van der Waals surface area contributed by atoms with Gasteiger partial charge in [-0.05, 0) is 99.1 Å². The lowest BCUT2D eigenvalue weighted by Crippen LogP contribution is -2.36. The first kappa shape index (κ1) is 27.8. The Morgan fingerprint density at radius 2 is 1.46 bits per heavy atom. The molecule has 1 saturated carbocycles. The molecule has 3 rings (SSSR count). The minimum atomic E-state index is -3.66. The molecule has 194 valence electrons. The third kappa shape index (κ3) is 7.84. The maximum Gasteiger partial charge on any atom is 0.240 e. The lowest BCUT2D eigenvalue weighted by Gasteiger charge is -2.32. The normalized spacial score (nSPS) is 20.1. The topological polar surface area (TPSA) is 92.3 Å². The number of rotatable bonds is 11. The zero-order valence-electron chi connectivity index (χ0n) is 20.7. The van der Waals surface area contributed by atoms with Gasteiger partial charge >= 0.3 is 0 Å². The van der Waals surface area contributed by atoms with Crippen LogP contribution in [0.5, 0.6) is 0 Å². The third-order valence-corrected chi connectivity index (χ3v) is 10.4. The van der Waals surface area contributed by atoms with Crippen LogP contribution in [0.3, 0.4) is 0 Å². The Bertz CT molecular complexity index is 1160. The highest BCUT2D eigenvalue weighted by molar-refractivity contribution is 7.90. The number of hydrogen-bond donors (Lipinski definition) is 2. The molecule has 0 heterocycles.